The van der Waals surface area contributed by atoms with Crippen LogP contribution in [0.3, 0.4) is 0 Å². The van der Waals surface area contributed by atoms with E-state index in [9.17, 15) is 4.91 Å². The van der Waals surface area contributed by atoms with Crippen LogP contribution in [0.5, 0.6) is 0 Å². The zero-order chi connectivity index (χ0) is 6.85. The Morgan fingerprint density at radius 2 is 2.33 bits per heavy atom. The molecule has 0 aromatic carbocycles. The third-order valence-corrected chi connectivity index (χ3v) is 1.15. The van der Waals surface area contributed by atoms with E-state index in [1.165, 1.54) is 0 Å². The number of nitrogens with zero attached hydrogens (tertiary/aromatic N) is 1. The maximum absolute atomic E-state index is 10.2. The fraction of sp³-hybridized carbons (Fsp3) is 0.500. The minimum atomic E-state index is 0.0209. The normalized spacial score (nSPS) is 10.0. The van der Waals surface area contributed by atoms with E-state index >= 15 is 0 Å². The Bertz CT molecular complexity index is 251. The largest absolute Gasteiger partial charge is 0.488 e. The summed E-state index contributed by atoms with van der Waals surface area (Å²) in [4.78, 5) is 10.2. The predicted molar refractivity (Wildman–Crippen MR) is 28.6 cm³/mol. The summed E-state index contributed by atoms with van der Waals surface area (Å²) >= 11 is 5.34. The average molecular weight is 151 g/mol. The van der Waals surface area contributed by atoms with E-state index in [-0.39, 0.29) is 10.7 Å². The molecular formula is C4H5ClNO3+. The Hall–Kier alpha value is -0.770. The van der Waals surface area contributed by atoms with Gasteiger partial charge in [0.1, 0.15) is 4.91 Å². The molecule has 1 aromatic rings. The molecule has 0 atom stereocenters. The van der Waals surface area contributed by atoms with Crippen LogP contribution in [0.1, 0.15) is 11.5 Å². The molecule has 1 heterocycles. The molecule has 0 radical (unpaired) electrons. The van der Waals surface area contributed by atoms with Crippen LogP contribution in [-0.2, 0) is 5.88 Å². The first-order valence-electron chi connectivity index (χ1n) is 2.33. The lowest BCUT2D eigenvalue weighted by Crippen LogP contribution is -2.05. The lowest BCUT2D eigenvalue weighted by atomic mass is 10.4. The highest BCUT2D eigenvalue weighted by Crippen LogP contribution is 2.05. The zero-order valence-electron chi connectivity index (χ0n) is 4.76. The number of hydrogen-bond acceptors (Lipinski definition) is 3. The van der Waals surface area contributed by atoms with E-state index in [2.05, 4.69) is 9.05 Å². The minimum absolute atomic E-state index is 0.0209. The summed E-state index contributed by atoms with van der Waals surface area (Å²) in [6.07, 6.45) is 0. The molecule has 0 aliphatic rings. The minimum Gasteiger partial charge on any atom is -0.145 e. The van der Waals surface area contributed by atoms with Gasteiger partial charge in [0, 0.05) is 6.92 Å². The predicted octanol–water partition coefficient (Wildman–Crippen LogP) is 0.834. The van der Waals surface area contributed by atoms with Gasteiger partial charge in [0.05, 0.1) is 5.88 Å². The molecule has 4 nitrogen and oxygen atoms in total. The second-order valence-electron chi connectivity index (χ2n) is 1.52. The summed E-state index contributed by atoms with van der Waals surface area (Å²) in [6.45, 7) is 1.61. The van der Waals surface area contributed by atoms with E-state index in [0.717, 1.165) is 0 Å². The van der Waals surface area contributed by atoms with Gasteiger partial charge in [-0.25, -0.2) is 0 Å². The maximum Gasteiger partial charge on any atom is 0.488 e. The van der Waals surface area contributed by atoms with Crippen LogP contribution in [0.2, 0.25) is 0 Å². The molecule has 0 bridgehead atoms. The van der Waals surface area contributed by atoms with Crippen molar-refractivity contribution in [1.29, 1.82) is 0 Å². The lowest BCUT2D eigenvalue weighted by Gasteiger charge is -1.72. The van der Waals surface area contributed by atoms with Crippen LogP contribution >= 0.6 is 11.6 Å². The van der Waals surface area contributed by atoms with Crippen molar-refractivity contribution in [2.45, 2.75) is 12.8 Å². The Morgan fingerprint density at radius 1 is 1.67 bits per heavy atom. The van der Waals surface area contributed by atoms with Crippen molar-refractivity contribution in [3.8, 4) is 0 Å². The average Bonchev–Trinajstić information content (AvgIpc) is 2.10. The second-order valence-corrected chi connectivity index (χ2v) is 1.79. The van der Waals surface area contributed by atoms with E-state index in [1.807, 2.05) is 0 Å². The second kappa shape index (κ2) is 2.23. The summed E-state index contributed by atoms with van der Waals surface area (Å²) in [5, 5.41) is 0. The third kappa shape index (κ3) is 1.13. The highest BCUT2D eigenvalue weighted by atomic mass is 35.5. The van der Waals surface area contributed by atoms with Gasteiger partial charge in [-0.15, -0.1) is 20.6 Å². The van der Waals surface area contributed by atoms with E-state index in [4.69, 9.17) is 11.6 Å². The van der Waals surface area contributed by atoms with Gasteiger partial charge in [-0.3, -0.25) is 0 Å². The van der Waals surface area contributed by atoms with Gasteiger partial charge in [0.15, 0.2) is 0 Å². The first-order valence-corrected chi connectivity index (χ1v) is 2.86. The van der Waals surface area contributed by atoms with Crippen molar-refractivity contribution in [2.24, 2.45) is 0 Å². The first-order chi connectivity index (χ1) is 4.24. The van der Waals surface area contributed by atoms with Gasteiger partial charge in [-0.1, -0.05) is 0 Å². The Kier molecular flexibility index (Phi) is 1.57. The van der Waals surface area contributed by atoms with Crippen LogP contribution in [0.15, 0.2) is 9.05 Å². The fourth-order valence-corrected chi connectivity index (χ4v) is 0.691. The molecule has 5 heteroatoms. The van der Waals surface area contributed by atoms with Crippen LogP contribution in [0, 0.1) is 11.8 Å². The number of halogens is 1. The van der Waals surface area contributed by atoms with Crippen LogP contribution in [0.4, 0.5) is 0 Å². The summed E-state index contributed by atoms with van der Waals surface area (Å²) in [6, 6.07) is 0. The molecule has 50 valence electrons. The first kappa shape index (κ1) is 6.35. The van der Waals surface area contributed by atoms with Gasteiger partial charge in [-0.05, 0) is 0 Å². The molecule has 1 rings (SSSR count). The summed E-state index contributed by atoms with van der Waals surface area (Å²) in [5.41, 5.74) is 0. The van der Waals surface area contributed by atoms with Crippen molar-refractivity contribution in [3.63, 3.8) is 0 Å². The maximum atomic E-state index is 10.2. The quantitative estimate of drug-likeness (QED) is 0.558. The summed E-state index contributed by atoms with van der Waals surface area (Å²) in [7, 11) is 0. The van der Waals surface area contributed by atoms with Crippen molar-refractivity contribution in [2.75, 3.05) is 0 Å². The van der Waals surface area contributed by atoms with Crippen LogP contribution in [-0.4, -0.2) is 0 Å². The number of rotatable bonds is 1. The van der Waals surface area contributed by atoms with Crippen molar-refractivity contribution < 1.29 is 13.8 Å². The number of aromatic nitrogens is 1. The Morgan fingerprint density at radius 3 is 2.56 bits per heavy atom. The van der Waals surface area contributed by atoms with Gasteiger partial charge in [0.25, 0.3) is 5.76 Å². The van der Waals surface area contributed by atoms with Gasteiger partial charge in [0.2, 0.25) is 5.76 Å². The summed E-state index contributed by atoms with van der Waals surface area (Å²) in [5.74, 6) is 0.941. The van der Waals surface area contributed by atoms with Gasteiger partial charge >= 0.3 is 4.77 Å². The SMILES string of the molecule is Cc1o[n+](=O)oc1CCl. The molecule has 0 aliphatic heterocycles. The third-order valence-electron chi connectivity index (χ3n) is 0.910. The molecule has 0 amide bonds. The molecular weight excluding hydrogens is 146 g/mol. The molecule has 0 N–H and O–H groups in total. The van der Waals surface area contributed by atoms with Gasteiger partial charge in [-0.2, -0.15) is 0 Å². The highest BCUT2D eigenvalue weighted by molar-refractivity contribution is 6.16. The lowest BCUT2D eigenvalue weighted by molar-refractivity contribution is -0.858. The van der Waals surface area contributed by atoms with Crippen molar-refractivity contribution in [1.82, 2.24) is 0 Å². The topological polar surface area (TPSA) is 49.2 Å². The van der Waals surface area contributed by atoms with Crippen molar-refractivity contribution >= 4 is 11.6 Å². The van der Waals surface area contributed by atoms with Crippen LogP contribution in [0.25, 0.3) is 0 Å². The molecule has 0 spiro atoms. The van der Waals surface area contributed by atoms with E-state index in [0.29, 0.717) is 11.5 Å². The molecule has 1 aromatic heterocycles. The smallest absolute Gasteiger partial charge is 0.145 e. The van der Waals surface area contributed by atoms with E-state index in [1.54, 1.807) is 6.92 Å². The van der Waals surface area contributed by atoms with Gasteiger partial charge < -0.3 is 0 Å². The molecule has 0 fully saturated rings. The number of alkyl halides is 1. The van der Waals surface area contributed by atoms with Crippen LogP contribution < -0.4 is 4.77 Å². The molecule has 0 saturated carbocycles. The Balaban J connectivity index is 3.16. The monoisotopic (exact) mass is 150 g/mol. The number of hydrogen-bond donors (Lipinski definition) is 0. The van der Waals surface area contributed by atoms with Crippen molar-refractivity contribution in [3.05, 3.63) is 16.4 Å². The highest BCUT2D eigenvalue weighted by Gasteiger charge is 2.13. The Labute approximate surface area is 55.5 Å². The number of aryl methyl sites for hydroxylation is 1. The van der Waals surface area contributed by atoms with E-state index < -0.39 is 0 Å². The standard InChI is InChI=1S/C4H5ClNO3/c1-3-4(2-5)9-6(7)8-3/h2H2,1H3/q+1. The molecule has 0 unspecified atom stereocenters. The molecule has 0 aliphatic carbocycles. The molecule has 0 saturated heterocycles. The fourth-order valence-electron chi connectivity index (χ4n) is 0.454. The summed E-state index contributed by atoms with van der Waals surface area (Å²) < 4.78 is 8.86. The zero-order valence-corrected chi connectivity index (χ0v) is 5.51. The molecule has 9 heavy (non-hydrogen) atoms.